The third kappa shape index (κ3) is 6.78. The highest BCUT2D eigenvalue weighted by Gasteiger charge is 2.10. The number of carbonyl (C=O) groups excluding carboxylic acids is 1. The molecule has 0 aromatic heterocycles. The minimum Gasteiger partial charge on any atom is -0.423 e. The van der Waals surface area contributed by atoms with Crippen molar-refractivity contribution < 1.29 is 18.3 Å². The molecule has 0 saturated carbocycles. The van der Waals surface area contributed by atoms with Crippen molar-refractivity contribution in [1.29, 1.82) is 0 Å². The van der Waals surface area contributed by atoms with Gasteiger partial charge in [-0.25, -0.2) is 13.6 Å². The van der Waals surface area contributed by atoms with Crippen molar-refractivity contribution in [2.24, 2.45) is 0 Å². The summed E-state index contributed by atoms with van der Waals surface area (Å²) >= 11 is 0. The first-order valence-electron chi connectivity index (χ1n) is 13.1. The Morgan fingerprint density at radius 3 is 2.10 bits per heavy atom. The standard InChI is InChI=1S/C36H28F2O2/c1-25(28-5-3-2-4-6-28)23-27-10-12-29(13-11-27)32-18-17-30(35(38)24-32)14-7-26-8-15-31(16-9-26)36(39)40-34-21-19-33(37)20-22-34/h2-22,24-25H,23H2,1H3/t25-/m1/s1. The summed E-state index contributed by atoms with van der Waals surface area (Å²) in [7, 11) is 0. The van der Waals surface area contributed by atoms with Gasteiger partial charge in [0.15, 0.2) is 0 Å². The topological polar surface area (TPSA) is 26.3 Å². The Balaban J connectivity index is 1.20. The highest BCUT2D eigenvalue weighted by Crippen LogP contribution is 2.26. The van der Waals surface area contributed by atoms with Crippen molar-refractivity contribution in [2.75, 3.05) is 0 Å². The molecule has 5 rings (SSSR count). The molecule has 2 nitrogen and oxygen atoms in total. The van der Waals surface area contributed by atoms with Crippen LogP contribution in [0.25, 0.3) is 23.3 Å². The SMILES string of the molecule is C[C@H](Cc1ccc(-c2ccc(C=Cc3ccc(C(=O)Oc4ccc(F)cc4)cc3)c(F)c2)cc1)c1ccccc1. The van der Waals surface area contributed by atoms with Crippen LogP contribution in [0.3, 0.4) is 0 Å². The van der Waals surface area contributed by atoms with Gasteiger partial charge in [0.2, 0.25) is 0 Å². The minimum atomic E-state index is -0.539. The average molecular weight is 531 g/mol. The van der Waals surface area contributed by atoms with E-state index in [1.165, 1.54) is 35.4 Å². The van der Waals surface area contributed by atoms with Crippen LogP contribution < -0.4 is 4.74 Å². The molecule has 0 radical (unpaired) electrons. The summed E-state index contributed by atoms with van der Waals surface area (Å²) in [5.41, 5.74) is 5.99. The van der Waals surface area contributed by atoms with Gasteiger partial charge < -0.3 is 4.74 Å². The molecular formula is C36H28F2O2. The molecule has 0 N–H and O–H groups in total. The third-order valence-corrected chi connectivity index (χ3v) is 6.82. The van der Waals surface area contributed by atoms with Crippen LogP contribution in [-0.4, -0.2) is 5.97 Å². The molecule has 5 aromatic carbocycles. The van der Waals surface area contributed by atoms with Crippen molar-refractivity contribution in [3.05, 3.63) is 161 Å². The molecular weight excluding hydrogens is 502 g/mol. The van der Waals surface area contributed by atoms with Crippen LogP contribution in [0.2, 0.25) is 0 Å². The third-order valence-electron chi connectivity index (χ3n) is 6.82. The van der Waals surface area contributed by atoms with Gasteiger partial charge in [-0.1, -0.05) is 97.9 Å². The number of esters is 1. The second kappa shape index (κ2) is 12.4. The molecule has 0 aliphatic carbocycles. The maximum absolute atomic E-state index is 14.9. The molecule has 0 amide bonds. The lowest BCUT2D eigenvalue weighted by atomic mass is 9.93. The molecule has 5 aromatic rings. The van der Waals surface area contributed by atoms with E-state index < -0.39 is 11.8 Å². The number of rotatable bonds is 8. The lowest BCUT2D eigenvalue weighted by Crippen LogP contribution is -2.08. The van der Waals surface area contributed by atoms with E-state index in [1.54, 1.807) is 48.6 Å². The van der Waals surface area contributed by atoms with Crippen molar-refractivity contribution in [2.45, 2.75) is 19.3 Å². The van der Waals surface area contributed by atoms with Crippen LogP contribution in [0.5, 0.6) is 5.75 Å². The molecule has 0 spiro atoms. The van der Waals surface area contributed by atoms with Crippen LogP contribution in [0.1, 0.15) is 45.5 Å². The van der Waals surface area contributed by atoms with Gasteiger partial charge in [-0.15, -0.1) is 0 Å². The number of halogens is 2. The van der Waals surface area contributed by atoms with E-state index in [9.17, 15) is 13.6 Å². The Hall–Kier alpha value is -4.83. The van der Waals surface area contributed by atoms with E-state index in [4.69, 9.17) is 4.74 Å². The van der Waals surface area contributed by atoms with Crippen LogP contribution in [-0.2, 0) is 6.42 Å². The zero-order valence-electron chi connectivity index (χ0n) is 22.1. The first-order valence-corrected chi connectivity index (χ1v) is 13.1. The average Bonchev–Trinajstić information content (AvgIpc) is 2.99. The van der Waals surface area contributed by atoms with Gasteiger partial charge >= 0.3 is 5.97 Å². The number of hydrogen-bond acceptors (Lipinski definition) is 2. The number of hydrogen-bond donors (Lipinski definition) is 0. The molecule has 198 valence electrons. The first-order chi connectivity index (χ1) is 19.4. The summed E-state index contributed by atoms with van der Waals surface area (Å²) in [6, 6.07) is 36.0. The highest BCUT2D eigenvalue weighted by molar-refractivity contribution is 5.91. The second-order valence-corrected chi connectivity index (χ2v) is 9.75. The van der Waals surface area contributed by atoms with Gasteiger partial charge in [0.05, 0.1) is 5.56 Å². The smallest absolute Gasteiger partial charge is 0.343 e. The zero-order chi connectivity index (χ0) is 27.9. The van der Waals surface area contributed by atoms with Crippen molar-refractivity contribution in [3.8, 4) is 16.9 Å². The Morgan fingerprint density at radius 2 is 1.43 bits per heavy atom. The van der Waals surface area contributed by atoms with Crippen molar-refractivity contribution in [1.82, 2.24) is 0 Å². The van der Waals surface area contributed by atoms with Gasteiger partial charge in [0, 0.05) is 5.56 Å². The molecule has 0 aliphatic rings. The fourth-order valence-electron chi connectivity index (χ4n) is 4.51. The van der Waals surface area contributed by atoms with E-state index >= 15 is 0 Å². The Labute approximate surface area is 233 Å². The normalized spacial score (nSPS) is 11.9. The summed E-state index contributed by atoms with van der Waals surface area (Å²) in [6.07, 6.45) is 4.44. The molecule has 40 heavy (non-hydrogen) atoms. The summed E-state index contributed by atoms with van der Waals surface area (Å²) < 4.78 is 33.2. The molecule has 0 fully saturated rings. The van der Waals surface area contributed by atoms with Gasteiger partial charge in [0.25, 0.3) is 0 Å². The predicted octanol–water partition coefficient (Wildman–Crippen LogP) is 9.37. The number of carbonyl (C=O) groups is 1. The number of ether oxygens (including phenoxy) is 1. The van der Waals surface area contributed by atoms with E-state index in [2.05, 4.69) is 43.3 Å². The highest BCUT2D eigenvalue weighted by atomic mass is 19.1. The lowest BCUT2D eigenvalue weighted by Gasteiger charge is -2.12. The van der Waals surface area contributed by atoms with Crippen LogP contribution >= 0.6 is 0 Å². The quantitative estimate of drug-likeness (QED) is 0.113. The summed E-state index contributed by atoms with van der Waals surface area (Å²) in [5.74, 6) is -0.567. The minimum absolute atomic E-state index is 0.267. The Kier molecular flexibility index (Phi) is 8.26. The summed E-state index contributed by atoms with van der Waals surface area (Å²) in [6.45, 7) is 2.23. The monoisotopic (exact) mass is 530 g/mol. The van der Waals surface area contributed by atoms with Crippen molar-refractivity contribution >= 4 is 18.1 Å². The molecule has 1 atom stereocenters. The fraction of sp³-hybridized carbons (Fsp3) is 0.0833. The largest absolute Gasteiger partial charge is 0.423 e. The lowest BCUT2D eigenvalue weighted by molar-refractivity contribution is 0.0734. The van der Waals surface area contributed by atoms with E-state index in [1.807, 2.05) is 24.3 Å². The van der Waals surface area contributed by atoms with Crippen LogP contribution in [0.15, 0.2) is 121 Å². The molecule has 4 heteroatoms. The molecule has 0 aliphatic heterocycles. The van der Waals surface area contributed by atoms with Crippen LogP contribution in [0, 0.1) is 11.6 Å². The fourth-order valence-corrected chi connectivity index (χ4v) is 4.51. The van der Waals surface area contributed by atoms with Gasteiger partial charge in [0.1, 0.15) is 17.4 Å². The molecule has 0 unspecified atom stereocenters. The van der Waals surface area contributed by atoms with Gasteiger partial charge in [-0.2, -0.15) is 0 Å². The second-order valence-electron chi connectivity index (χ2n) is 9.75. The summed E-state index contributed by atoms with van der Waals surface area (Å²) in [5, 5.41) is 0. The van der Waals surface area contributed by atoms with Crippen molar-refractivity contribution in [3.63, 3.8) is 0 Å². The van der Waals surface area contributed by atoms with Gasteiger partial charge in [-0.3, -0.25) is 0 Å². The van der Waals surface area contributed by atoms with Gasteiger partial charge in [-0.05, 0) is 82.6 Å². The molecule has 0 heterocycles. The molecule has 0 saturated heterocycles. The number of benzene rings is 5. The van der Waals surface area contributed by atoms with Crippen LogP contribution in [0.4, 0.5) is 8.78 Å². The van der Waals surface area contributed by atoms with E-state index in [0.717, 1.165) is 23.1 Å². The Morgan fingerprint density at radius 1 is 0.750 bits per heavy atom. The zero-order valence-corrected chi connectivity index (χ0v) is 22.1. The first kappa shape index (κ1) is 26.8. The maximum Gasteiger partial charge on any atom is 0.343 e. The molecule has 0 bridgehead atoms. The predicted molar refractivity (Wildman–Crippen MR) is 157 cm³/mol. The summed E-state index contributed by atoms with van der Waals surface area (Å²) in [4.78, 5) is 12.3. The van der Waals surface area contributed by atoms with E-state index in [-0.39, 0.29) is 11.6 Å². The Bertz CT molecular complexity index is 1610. The van der Waals surface area contributed by atoms with E-state index in [0.29, 0.717) is 17.0 Å². The maximum atomic E-state index is 14.9.